The molecule has 8 nitrogen and oxygen atoms in total. The zero-order chi connectivity index (χ0) is 20.0. The van der Waals surface area contributed by atoms with E-state index in [4.69, 9.17) is 4.74 Å². The predicted molar refractivity (Wildman–Crippen MR) is 109 cm³/mol. The number of rotatable bonds is 4. The van der Waals surface area contributed by atoms with Gasteiger partial charge in [0.05, 0.1) is 0 Å². The lowest BCUT2D eigenvalue weighted by Gasteiger charge is -2.22. The van der Waals surface area contributed by atoms with Crippen molar-refractivity contribution in [1.29, 1.82) is 0 Å². The fourth-order valence-corrected chi connectivity index (χ4v) is 4.24. The van der Waals surface area contributed by atoms with Crippen LogP contribution in [-0.2, 0) is 13.7 Å². The summed E-state index contributed by atoms with van der Waals surface area (Å²) < 4.78 is 8.64. The molecule has 1 N–H and O–H groups in total. The molecule has 1 saturated carbocycles. The Labute approximate surface area is 167 Å². The summed E-state index contributed by atoms with van der Waals surface area (Å²) in [7, 11) is 1.68. The number of nitrogens with one attached hydrogen (secondary N) is 1. The van der Waals surface area contributed by atoms with E-state index in [1.54, 1.807) is 7.05 Å². The average Bonchev–Trinajstić information content (AvgIpc) is 3.35. The monoisotopic (exact) mass is 392 g/mol. The van der Waals surface area contributed by atoms with Crippen LogP contribution >= 0.6 is 0 Å². The topological polar surface area (TPSA) is 90.1 Å². The lowest BCUT2D eigenvalue weighted by atomic mass is 9.84. The zero-order valence-electron chi connectivity index (χ0n) is 16.7. The van der Waals surface area contributed by atoms with E-state index >= 15 is 0 Å². The second-order valence-electron chi connectivity index (χ2n) is 7.82. The molecule has 0 unspecified atom stereocenters. The number of ether oxygens (including phenoxy) is 1. The highest BCUT2D eigenvalue weighted by atomic mass is 16.5. The van der Waals surface area contributed by atoms with Crippen LogP contribution in [0.15, 0.2) is 29.1 Å². The molecule has 150 valence electrons. The molecule has 8 heteroatoms. The van der Waals surface area contributed by atoms with Crippen LogP contribution in [-0.4, -0.2) is 29.1 Å². The predicted octanol–water partition coefficient (Wildman–Crippen LogP) is 3.24. The second-order valence-corrected chi connectivity index (χ2v) is 7.82. The Morgan fingerprint density at radius 3 is 2.62 bits per heavy atom. The molecular weight excluding hydrogens is 368 g/mol. The zero-order valence-corrected chi connectivity index (χ0v) is 16.7. The molecule has 3 aromatic heterocycles. The number of aromatic nitrogens is 6. The number of aromatic amines is 1. The van der Waals surface area contributed by atoms with Gasteiger partial charge in [-0.05, 0) is 43.4 Å². The number of nitrogens with zero attached hydrogens (tertiary/aromatic N) is 5. The van der Waals surface area contributed by atoms with Crippen molar-refractivity contribution in [2.75, 3.05) is 0 Å². The lowest BCUT2D eigenvalue weighted by Crippen LogP contribution is -2.25. The van der Waals surface area contributed by atoms with E-state index in [1.807, 2.05) is 19.1 Å². The van der Waals surface area contributed by atoms with Crippen LogP contribution in [0.3, 0.4) is 0 Å². The Morgan fingerprint density at radius 1 is 1.10 bits per heavy atom. The third kappa shape index (κ3) is 3.18. The minimum absolute atomic E-state index is 0.197. The molecule has 0 saturated heterocycles. The van der Waals surface area contributed by atoms with Gasteiger partial charge in [0.2, 0.25) is 0 Å². The quantitative estimate of drug-likeness (QED) is 0.576. The molecule has 0 aliphatic heterocycles. The summed E-state index contributed by atoms with van der Waals surface area (Å²) in [4.78, 5) is 24.6. The standard InChI is InChI=1S/C21H24N6O2/c1-13-22-18-19(23-13)26(2)21(28)27-20(18)24-17(25-27)12-29-16-10-8-15(9-11-16)14-6-4-3-5-7-14/h8-11,14H,3-7,12H2,1-2H3,(H,22,23). The van der Waals surface area contributed by atoms with Crippen LogP contribution in [0.25, 0.3) is 16.8 Å². The van der Waals surface area contributed by atoms with Crippen LogP contribution in [0.1, 0.15) is 55.2 Å². The molecule has 1 aliphatic rings. The summed E-state index contributed by atoms with van der Waals surface area (Å²) in [6.07, 6.45) is 6.57. The highest BCUT2D eigenvalue weighted by Gasteiger charge is 2.17. The van der Waals surface area contributed by atoms with Crippen molar-refractivity contribution >= 4 is 16.8 Å². The molecule has 5 rings (SSSR count). The third-order valence-electron chi connectivity index (χ3n) is 5.79. The molecule has 29 heavy (non-hydrogen) atoms. The first-order valence-electron chi connectivity index (χ1n) is 10.1. The first kappa shape index (κ1) is 17.9. The number of hydrogen-bond donors (Lipinski definition) is 1. The highest BCUT2D eigenvalue weighted by molar-refractivity contribution is 5.85. The van der Waals surface area contributed by atoms with Gasteiger partial charge in [-0.1, -0.05) is 31.4 Å². The number of hydrogen-bond acceptors (Lipinski definition) is 5. The van der Waals surface area contributed by atoms with Crippen molar-refractivity contribution in [1.82, 2.24) is 29.1 Å². The van der Waals surface area contributed by atoms with Crippen LogP contribution in [0.5, 0.6) is 5.75 Å². The normalized spacial score (nSPS) is 15.4. The molecule has 3 heterocycles. The summed E-state index contributed by atoms with van der Waals surface area (Å²) >= 11 is 0. The minimum Gasteiger partial charge on any atom is -0.486 e. The molecule has 1 aromatic carbocycles. The molecule has 4 aromatic rings. The molecule has 0 spiro atoms. The van der Waals surface area contributed by atoms with Gasteiger partial charge in [0, 0.05) is 7.05 Å². The van der Waals surface area contributed by atoms with Crippen LogP contribution in [0.2, 0.25) is 0 Å². The Balaban J connectivity index is 1.37. The molecule has 1 fully saturated rings. The third-order valence-corrected chi connectivity index (χ3v) is 5.79. The van der Waals surface area contributed by atoms with Crippen LogP contribution in [0.4, 0.5) is 0 Å². The number of aryl methyl sites for hydroxylation is 2. The van der Waals surface area contributed by atoms with E-state index < -0.39 is 0 Å². The van der Waals surface area contributed by atoms with Gasteiger partial charge in [-0.2, -0.15) is 4.52 Å². The van der Waals surface area contributed by atoms with Gasteiger partial charge in [-0.3, -0.25) is 4.57 Å². The summed E-state index contributed by atoms with van der Waals surface area (Å²) in [5, 5.41) is 4.34. The van der Waals surface area contributed by atoms with Crippen molar-refractivity contribution in [3.8, 4) is 5.75 Å². The maximum atomic E-state index is 12.6. The molecular formula is C21H24N6O2. The first-order valence-corrected chi connectivity index (χ1v) is 10.1. The van der Waals surface area contributed by atoms with Gasteiger partial charge < -0.3 is 9.72 Å². The van der Waals surface area contributed by atoms with Crippen LogP contribution in [0, 0.1) is 6.92 Å². The maximum absolute atomic E-state index is 12.6. The van der Waals surface area contributed by atoms with Gasteiger partial charge in [0.25, 0.3) is 0 Å². The Kier molecular flexibility index (Phi) is 4.34. The summed E-state index contributed by atoms with van der Waals surface area (Å²) in [5.41, 5.74) is 2.84. The summed E-state index contributed by atoms with van der Waals surface area (Å²) in [6, 6.07) is 8.34. The molecule has 0 atom stereocenters. The Bertz CT molecular complexity index is 1230. The van der Waals surface area contributed by atoms with E-state index in [9.17, 15) is 4.79 Å². The van der Waals surface area contributed by atoms with Gasteiger partial charge >= 0.3 is 5.69 Å². The smallest absolute Gasteiger partial charge is 0.352 e. The van der Waals surface area contributed by atoms with Crippen molar-refractivity contribution in [2.24, 2.45) is 7.05 Å². The molecule has 0 amide bonds. The fourth-order valence-electron chi connectivity index (χ4n) is 4.24. The fraction of sp³-hybridized carbons (Fsp3) is 0.429. The summed E-state index contributed by atoms with van der Waals surface area (Å²) in [6.45, 7) is 2.04. The SMILES string of the molecule is Cc1nc2c([nH]1)c1nc(COc3ccc(C4CCCCC4)cc3)nn1c(=O)n2C. The number of benzene rings is 1. The maximum Gasteiger partial charge on any atom is 0.352 e. The van der Waals surface area contributed by atoms with Gasteiger partial charge in [-0.15, -0.1) is 5.10 Å². The largest absolute Gasteiger partial charge is 0.486 e. The van der Waals surface area contributed by atoms with Crippen molar-refractivity contribution in [3.63, 3.8) is 0 Å². The first-order chi connectivity index (χ1) is 14.1. The molecule has 0 radical (unpaired) electrons. The Morgan fingerprint density at radius 2 is 1.86 bits per heavy atom. The number of imidazole rings is 1. The number of H-pyrrole nitrogens is 1. The number of fused-ring (bicyclic) bond motifs is 3. The van der Waals surface area contributed by atoms with E-state index in [0.29, 0.717) is 28.6 Å². The minimum atomic E-state index is -0.283. The van der Waals surface area contributed by atoms with E-state index in [0.717, 1.165) is 11.6 Å². The van der Waals surface area contributed by atoms with Crippen molar-refractivity contribution in [2.45, 2.75) is 51.6 Å². The molecule has 0 bridgehead atoms. The van der Waals surface area contributed by atoms with Crippen LogP contribution < -0.4 is 10.4 Å². The highest BCUT2D eigenvalue weighted by Crippen LogP contribution is 2.33. The van der Waals surface area contributed by atoms with Crippen molar-refractivity contribution < 1.29 is 4.74 Å². The second kappa shape index (κ2) is 7.02. The molecule has 1 aliphatic carbocycles. The van der Waals surface area contributed by atoms with Gasteiger partial charge in [0.1, 0.15) is 23.7 Å². The lowest BCUT2D eigenvalue weighted by molar-refractivity contribution is 0.295. The Hall–Kier alpha value is -3.16. The van der Waals surface area contributed by atoms with E-state index in [-0.39, 0.29) is 12.3 Å². The van der Waals surface area contributed by atoms with E-state index in [1.165, 1.54) is 46.8 Å². The van der Waals surface area contributed by atoms with Gasteiger partial charge in [0.15, 0.2) is 17.1 Å². The van der Waals surface area contributed by atoms with Crippen molar-refractivity contribution in [3.05, 3.63) is 52.0 Å². The van der Waals surface area contributed by atoms with E-state index in [2.05, 4.69) is 32.2 Å². The average molecular weight is 392 g/mol. The summed E-state index contributed by atoms with van der Waals surface area (Å²) in [5.74, 6) is 2.63. The van der Waals surface area contributed by atoms with Gasteiger partial charge in [-0.25, -0.2) is 14.8 Å².